The van der Waals surface area contributed by atoms with Gasteiger partial charge < -0.3 is 4.57 Å². The molecule has 0 saturated heterocycles. The van der Waals surface area contributed by atoms with Gasteiger partial charge in [-0.05, 0) is 25.7 Å². The molecule has 16 heavy (non-hydrogen) atoms. The van der Waals surface area contributed by atoms with Crippen LogP contribution in [0.5, 0.6) is 0 Å². The number of aromatic nitrogens is 2. The molecular weight excluding hydrogens is 200 g/mol. The summed E-state index contributed by atoms with van der Waals surface area (Å²) in [4.78, 5) is 4.37. The molecule has 0 amide bonds. The predicted molar refractivity (Wildman–Crippen MR) is 66.8 cm³/mol. The van der Waals surface area contributed by atoms with Gasteiger partial charge in [0.05, 0.1) is 0 Å². The van der Waals surface area contributed by atoms with Crippen LogP contribution in [0.25, 0.3) is 0 Å². The van der Waals surface area contributed by atoms with Crippen LogP contribution in [-0.4, -0.2) is 15.6 Å². The lowest BCUT2D eigenvalue weighted by atomic mass is 10.0. The van der Waals surface area contributed by atoms with E-state index in [9.17, 15) is 0 Å². The Morgan fingerprint density at radius 3 is 2.75 bits per heavy atom. The van der Waals surface area contributed by atoms with E-state index in [1.165, 1.54) is 6.42 Å². The largest absolute Gasteiger partial charge is 0.335 e. The molecule has 0 bridgehead atoms. The smallest absolute Gasteiger partial charge is 0.110 e. The van der Waals surface area contributed by atoms with Crippen molar-refractivity contribution in [1.29, 1.82) is 0 Å². The van der Waals surface area contributed by atoms with Crippen molar-refractivity contribution in [3.8, 4) is 0 Å². The zero-order chi connectivity index (χ0) is 12.0. The van der Waals surface area contributed by atoms with Gasteiger partial charge in [0.1, 0.15) is 5.82 Å². The summed E-state index contributed by atoms with van der Waals surface area (Å²) in [5.74, 6) is 7.42. The van der Waals surface area contributed by atoms with E-state index in [1.807, 2.05) is 12.4 Å². The van der Waals surface area contributed by atoms with Gasteiger partial charge in [0.15, 0.2) is 0 Å². The quantitative estimate of drug-likeness (QED) is 0.547. The van der Waals surface area contributed by atoms with E-state index in [4.69, 9.17) is 5.84 Å². The third-order valence-corrected chi connectivity index (χ3v) is 2.90. The van der Waals surface area contributed by atoms with Gasteiger partial charge in [-0.25, -0.2) is 4.98 Å². The lowest BCUT2D eigenvalue weighted by Crippen LogP contribution is -2.37. The van der Waals surface area contributed by atoms with Crippen LogP contribution in [0, 0.1) is 5.92 Å². The van der Waals surface area contributed by atoms with Crippen molar-refractivity contribution >= 4 is 0 Å². The first-order chi connectivity index (χ1) is 7.67. The highest BCUT2D eigenvalue weighted by atomic mass is 15.2. The third kappa shape index (κ3) is 3.94. The monoisotopic (exact) mass is 224 g/mol. The van der Waals surface area contributed by atoms with Gasteiger partial charge in [0.25, 0.3) is 0 Å². The molecule has 1 atom stereocenters. The number of nitrogens with zero attached hydrogens (tertiary/aromatic N) is 2. The van der Waals surface area contributed by atoms with E-state index in [0.717, 1.165) is 31.1 Å². The highest BCUT2D eigenvalue weighted by molar-refractivity contribution is 4.95. The molecule has 0 aliphatic rings. The van der Waals surface area contributed by atoms with Crippen LogP contribution >= 0.6 is 0 Å². The number of hydrazine groups is 1. The normalized spacial score (nSPS) is 13.3. The minimum Gasteiger partial charge on any atom is -0.335 e. The molecule has 0 aromatic carbocycles. The summed E-state index contributed by atoms with van der Waals surface area (Å²) in [6.45, 7) is 7.57. The highest BCUT2D eigenvalue weighted by Gasteiger charge is 2.11. The zero-order valence-corrected chi connectivity index (χ0v) is 10.6. The topological polar surface area (TPSA) is 55.9 Å². The van der Waals surface area contributed by atoms with Crippen molar-refractivity contribution in [1.82, 2.24) is 15.0 Å². The maximum absolute atomic E-state index is 5.58. The van der Waals surface area contributed by atoms with Gasteiger partial charge in [-0.3, -0.25) is 11.3 Å². The number of aryl methyl sites for hydroxylation is 1. The van der Waals surface area contributed by atoms with Crippen LogP contribution in [0.1, 0.15) is 39.4 Å². The molecule has 4 heteroatoms. The molecule has 0 aliphatic carbocycles. The first kappa shape index (κ1) is 13.2. The number of nitrogens with two attached hydrogens (primary N) is 1. The predicted octanol–water partition coefficient (Wildman–Crippen LogP) is 1.71. The number of hydrogen-bond donors (Lipinski definition) is 2. The molecule has 3 N–H and O–H groups in total. The molecule has 0 aliphatic heterocycles. The molecule has 1 unspecified atom stereocenters. The summed E-state index contributed by atoms with van der Waals surface area (Å²) in [7, 11) is 0. The highest BCUT2D eigenvalue weighted by Crippen LogP contribution is 2.10. The second-order valence-electron chi connectivity index (χ2n) is 4.67. The Balaban J connectivity index is 2.49. The van der Waals surface area contributed by atoms with Crippen molar-refractivity contribution in [2.75, 3.05) is 0 Å². The molecule has 4 nitrogen and oxygen atoms in total. The van der Waals surface area contributed by atoms with E-state index in [-0.39, 0.29) is 0 Å². The van der Waals surface area contributed by atoms with Crippen LogP contribution in [0.2, 0.25) is 0 Å². The molecule has 92 valence electrons. The van der Waals surface area contributed by atoms with E-state index in [2.05, 4.69) is 35.7 Å². The molecule has 1 aromatic heterocycles. The van der Waals surface area contributed by atoms with Gasteiger partial charge in [0.2, 0.25) is 0 Å². The first-order valence-electron chi connectivity index (χ1n) is 6.13. The SMILES string of the molecule is CCn1ccnc1CC(CCC(C)C)NN. The Hall–Kier alpha value is -0.870. The van der Waals surface area contributed by atoms with Gasteiger partial charge in [-0.2, -0.15) is 0 Å². The van der Waals surface area contributed by atoms with E-state index in [1.54, 1.807) is 0 Å². The summed E-state index contributed by atoms with van der Waals surface area (Å²) in [5.41, 5.74) is 2.89. The summed E-state index contributed by atoms with van der Waals surface area (Å²) in [5, 5.41) is 0. The van der Waals surface area contributed by atoms with Gasteiger partial charge in [-0.1, -0.05) is 13.8 Å². The number of rotatable bonds is 7. The summed E-state index contributed by atoms with van der Waals surface area (Å²) >= 11 is 0. The van der Waals surface area contributed by atoms with E-state index >= 15 is 0 Å². The van der Waals surface area contributed by atoms with Crippen LogP contribution in [-0.2, 0) is 13.0 Å². The molecule has 0 radical (unpaired) electrons. The first-order valence-corrected chi connectivity index (χ1v) is 6.13. The molecule has 1 heterocycles. The average Bonchev–Trinajstić information content (AvgIpc) is 2.70. The van der Waals surface area contributed by atoms with Crippen molar-refractivity contribution in [3.63, 3.8) is 0 Å². The maximum Gasteiger partial charge on any atom is 0.110 e. The molecule has 1 rings (SSSR count). The Bertz CT molecular complexity index is 293. The number of nitrogens with one attached hydrogen (secondary N) is 1. The molecule has 0 fully saturated rings. The minimum absolute atomic E-state index is 0.329. The average molecular weight is 224 g/mol. The fraction of sp³-hybridized carbons (Fsp3) is 0.750. The minimum atomic E-state index is 0.329. The van der Waals surface area contributed by atoms with Crippen LogP contribution < -0.4 is 11.3 Å². The third-order valence-electron chi connectivity index (χ3n) is 2.90. The van der Waals surface area contributed by atoms with Gasteiger partial charge in [0, 0.05) is 31.4 Å². The lowest BCUT2D eigenvalue weighted by molar-refractivity contribution is 0.424. The fourth-order valence-electron chi connectivity index (χ4n) is 1.82. The Morgan fingerprint density at radius 1 is 1.44 bits per heavy atom. The molecular formula is C12H24N4. The molecule has 1 aromatic rings. The second kappa shape index (κ2) is 6.66. The van der Waals surface area contributed by atoms with Gasteiger partial charge in [-0.15, -0.1) is 0 Å². The number of imidazole rings is 1. The van der Waals surface area contributed by atoms with E-state index in [0.29, 0.717) is 6.04 Å². The summed E-state index contributed by atoms with van der Waals surface area (Å²) in [6, 6.07) is 0.329. The van der Waals surface area contributed by atoms with Crippen LogP contribution in [0.15, 0.2) is 12.4 Å². The Kier molecular flexibility index (Phi) is 5.49. The number of hydrogen-bond acceptors (Lipinski definition) is 3. The second-order valence-corrected chi connectivity index (χ2v) is 4.67. The maximum atomic E-state index is 5.58. The Labute approximate surface area is 98.2 Å². The zero-order valence-electron chi connectivity index (χ0n) is 10.6. The van der Waals surface area contributed by atoms with Crippen molar-refractivity contribution in [2.45, 2.75) is 52.6 Å². The fourth-order valence-corrected chi connectivity index (χ4v) is 1.82. The van der Waals surface area contributed by atoms with E-state index < -0.39 is 0 Å². The van der Waals surface area contributed by atoms with Gasteiger partial charge >= 0.3 is 0 Å². The van der Waals surface area contributed by atoms with Crippen molar-refractivity contribution in [3.05, 3.63) is 18.2 Å². The molecule has 0 saturated carbocycles. The van der Waals surface area contributed by atoms with Crippen molar-refractivity contribution in [2.24, 2.45) is 11.8 Å². The van der Waals surface area contributed by atoms with Crippen molar-refractivity contribution < 1.29 is 0 Å². The molecule has 0 spiro atoms. The summed E-state index contributed by atoms with van der Waals surface area (Å²) in [6.07, 6.45) is 7.08. The van der Waals surface area contributed by atoms with Crippen LogP contribution in [0.4, 0.5) is 0 Å². The summed E-state index contributed by atoms with van der Waals surface area (Å²) < 4.78 is 2.17. The standard InChI is InChI=1S/C12H24N4/c1-4-16-8-7-14-12(16)9-11(15-13)6-5-10(2)3/h7-8,10-11,15H,4-6,9,13H2,1-3H3. The van der Waals surface area contributed by atoms with Crippen LogP contribution in [0.3, 0.4) is 0 Å². The Morgan fingerprint density at radius 2 is 2.19 bits per heavy atom. The lowest BCUT2D eigenvalue weighted by Gasteiger charge is -2.17.